The number of carbonyl (C=O) groups is 3. The summed E-state index contributed by atoms with van der Waals surface area (Å²) in [5.41, 5.74) is 1.53. The molecular formula is C18H22N2O4S. The second-order valence-corrected chi connectivity index (χ2v) is 9.08. The Morgan fingerprint density at radius 3 is 2.52 bits per heavy atom. The van der Waals surface area contributed by atoms with Gasteiger partial charge in [0.25, 0.3) is 5.91 Å². The van der Waals surface area contributed by atoms with Crippen molar-refractivity contribution in [2.45, 2.75) is 49.9 Å². The zero-order chi connectivity index (χ0) is 18.5. The Bertz CT molecular complexity index is 746. The van der Waals surface area contributed by atoms with E-state index in [1.54, 1.807) is 36.6 Å². The van der Waals surface area contributed by atoms with Gasteiger partial charge in [-0.25, -0.2) is 4.79 Å². The summed E-state index contributed by atoms with van der Waals surface area (Å²) in [5.74, 6) is -1.90. The summed E-state index contributed by atoms with van der Waals surface area (Å²) < 4.78 is -0.516. The van der Waals surface area contributed by atoms with Crippen LogP contribution in [0.5, 0.6) is 0 Å². The van der Waals surface area contributed by atoms with Crippen molar-refractivity contribution >= 4 is 29.5 Å². The Morgan fingerprint density at radius 2 is 1.92 bits per heavy atom. The van der Waals surface area contributed by atoms with Crippen LogP contribution in [0.2, 0.25) is 0 Å². The molecule has 3 rings (SSSR count). The number of rotatable bonds is 4. The third-order valence-electron chi connectivity index (χ3n) is 4.78. The van der Waals surface area contributed by atoms with E-state index in [1.807, 2.05) is 32.0 Å². The summed E-state index contributed by atoms with van der Waals surface area (Å²) in [7, 11) is 0. The molecule has 2 aliphatic rings. The van der Waals surface area contributed by atoms with Crippen molar-refractivity contribution in [2.24, 2.45) is 5.92 Å². The standard InChI is InChI=1S/C18H22N2O4S/c1-9(2)12(17(23)24)19-14(21)13-18(3,4)25-16-11-8-6-5-7-10(11)15(22)20(13)16/h5-9,12-13,16H,1-4H3,(H,19,21)(H,23,24)/t12-,13+,16-/m1/s1. The van der Waals surface area contributed by atoms with Crippen LogP contribution in [-0.2, 0) is 9.59 Å². The lowest BCUT2D eigenvalue weighted by atomic mass is 9.98. The molecule has 0 aromatic heterocycles. The van der Waals surface area contributed by atoms with Gasteiger partial charge in [-0.05, 0) is 31.4 Å². The van der Waals surface area contributed by atoms with Crippen LogP contribution in [0.1, 0.15) is 49.0 Å². The third-order valence-corrected chi connectivity index (χ3v) is 6.31. The van der Waals surface area contributed by atoms with E-state index in [0.717, 1.165) is 5.56 Å². The van der Waals surface area contributed by atoms with Gasteiger partial charge < -0.3 is 15.3 Å². The number of aliphatic carboxylic acids is 1. The second kappa shape index (κ2) is 6.05. The molecule has 1 aromatic rings. The van der Waals surface area contributed by atoms with Gasteiger partial charge in [0, 0.05) is 10.3 Å². The molecule has 0 spiro atoms. The molecular weight excluding hydrogens is 340 g/mol. The van der Waals surface area contributed by atoms with Gasteiger partial charge >= 0.3 is 5.97 Å². The molecule has 2 N–H and O–H groups in total. The number of hydrogen-bond donors (Lipinski definition) is 2. The largest absolute Gasteiger partial charge is 0.480 e. The Morgan fingerprint density at radius 1 is 1.28 bits per heavy atom. The quantitative estimate of drug-likeness (QED) is 0.858. The smallest absolute Gasteiger partial charge is 0.326 e. The minimum atomic E-state index is -1.07. The van der Waals surface area contributed by atoms with Crippen molar-refractivity contribution in [3.63, 3.8) is 0 Å². The molecule has 1 saturated heterocycles. The maximum Gasteiger partial charge on any atom is 0.326 e. The minimum absolute atomic E-state index is 0.171. The van der Waals surface area contributed by atoms with Crippen molar-refractivity contribution in [1.29, 1.82) is 0 Å². The SMILES string of the molecule is CC(C)[C@@H](NC(=O)[C@@H]1N2C(=O)c3ccccc3[C@H]2SC1(C)C)C(=O)O. The average Bonchev–Trinajstić information content (AvgIpc) is 2.95. The molecule has 2 aliphatic heterocycles. The van der Waals surface area contributed by atoms with Crippen molar-refractivity contribution in [2.75, 3.05) is 0 Å². The highest BCUT2D eigenvalue weighted by Gasteiger charge is 2.57. The monoisotopic (exact) mass is 362 g/mol. The van der Waals surface area contributed by atoms with E-state index in [0.29, 0.717) is 5.56 Å². The Balaban J connectivity index is 1.93. The van der Waals surface area contributed by atoms with Crippen LogP contribution >= 0.6 is 11.8 Å². The molecule has 0 unspecified atom stereocenters. The predicted octanol–water partition coefficient (Wildman–Crippen LogP) is 2.26. The number of hydrogen-bond acceptors (Lipinski definition) is 4. The van der Waals surface area contributed by atoms with Gasteiger partial charge in [0.1, 0.15) is 17.5 Å². The lowest BCUT2D eigenvalue weighted by molar-refractivity contribution is -0.144. The van der Waals surface area contributed by atoms with E-state index < -0.39 is 28.7 Å². The van der Waals surface area contributed by atoms with Crippen molar-refractivity contribution in [1.82, 2.24) is 10.2 Å². The van der Waals surface area contributed by atoms with Crippen LogP contribution in [0, 0.1) is 5.92 Å². The van der Waals surface area contributed by atoms with Gasteiger partial charge in [-0.1, -0.05) is 32.0 Å². The normalized spacial score (nSPS) is 24.8. The molecule has 1 fully saturated rings. The van der Waals surface area contributed by atoms with Crippen molar-refractivity contribution in [3.05, 3.63) is 35.4 Å². The molecule has 0 aliphatic carbocycles. The first-order chi connectivity index (χ1) is 11.6. The van der Waals surface area contributed by atoms with Crippen LogP contribution in [0.3, 0.4) is 0 Å². The van der Waals surface area contributed by atoms with E-state index >= 15 is 0 Å². The molecule has 2 heterocycles. The topological polar surface area (TPSA) is 86.7 Å². The number of nitrogens with zero attached hydrogens (tertiary/aromatic N) is 1. The predicted molar refractivity (Wildman–Crippen MR) is 95.2 cm³/mol. The van der Waals surface area contributed by atoms with E-state index in [9.17, 15) is 19.5 Å². The van der Waals surface area contributed by atoms with Crippen LogP contribution in [0.4, 0.5) is 0 Å². The van der Waals surface area contributed by atoms with Crippen LogP contribution in [-0.4, -0.2) is 44.6 Å². The number of amides is 2. The fourth-order valence-electron chi connectivity index (χ4n) is 3.55. The number of fused-ring (bicyclic) bond motifs is 3. The summed E-state index contributed by atoms with van der Waals surface area (Å²) in [6.07, 6.45) is 0. The molecule has 134 valence electrons. The summed E-state index contributed by atoms with van der Waals surface area (Å²) >= 11 is 1.56. The second-order valence-electron chi connectivity index (χ2n) is 7.34. The molecule has 0 bridgehead atoms. The third kappa shape index (κ3) is 2.80. The molecule has 1 aromatic carbocycles. The zero-order valence-corrected chi connectivity index (χ0v) is 15.5. The molecule has 6 nitrogen and oxygen atoms in total. The summed E-state index contributed by atoms with van der Waals surface area (Å²) in [4.78, 5) is 38.8. The summed E-state index contributed by atoms with van der Waals surface area (Å²) in [6.45, 7) is 7.32. The van der Waals surface area contributed by atoms with Crippen molar-refractivity contribution < 1.29 is 19.5 Å². The number of thioether (sulfide) groups is 1. The van der Waals surface area contributed by atoms with Crippen molar-refractivity contribution in [3.8, 4) is 0 Å². The fourth-order valence-corrected chi connectivity index (χ4v) is 5.14. The van der Waals surface area contributed by atoms with E-state index in [4.69, 9.17) is 0 Å². The fraction of sp³-hybridized carbons (Fsp3) is 0.500. The number of carboxylic acid groups (broad SMARTS) is 1. The highest BCUT2D eigenvalue weighted by atomic mass is 32.2. The Kier molecular flexibility index (Phi) is 4.31. The van der Waals surface area contributed by atoms with Gasteiger partial charge in [-0.15, -0.1) is 11.8 Å². The lowest BCUT2D eigenvalue weighted by Crippen LogP contribution is -2.56. The van der Waals surface area contributed by atoms with Gasteiger partial charge in [-0.2, -0.15) is 0 Å². The highest BCUT2D eigenvalue weighted by Crippen LogP contribution is 2.56. The molecule has 0 radical (unpaired) electrons. The highest BCUT2D eigenvalue weighted by molar-refractivity contribution is 8.01. The summed E-state index contributed by atoms with van der Waals surface area (Å²) in [5, 5.41) is 11.8. The lowest BCUT2D eigenvalue weighted by Gasteiger charge is -2.31. The van der Waals surface area contributed by atoms with Crippen LogP contribution in [0.15, 0.2) is 24.3 Å². The van der Waals surface area contributed by atoms with E-state index in [2.05, 4.69) is 5.32 Å². The first-order valence-electron chi connectivity index (χ1n) is 8.27. The van der Waals surface area contributed by atoms with Crippen LogP contribution < -0.4 is 5.32 Å². The Labute approximate surface area is 151 Å². The van der Waals surface area contributed by atoms with Crippen LogP contribution in [0.25, 0.3) is 0 Å². The van der Waals surface area contributed by atoms with Gasteiger partial charge in [-0.3, -0.25) is 9.59 Å². The molecule has 7 heteroatoms. The Hall–Kier alpha value is -2.02. The van der Waals surface area contributed by atoms with Gasteiger partial charge in [0.15, 0.2) is 0 Å². The van der Waals surface area contributed by atoms with E-state index in [-0.39, 0.29) is 17.2 Å². The number of benzene rings is 1. The zero-order valence-electron chi connectivity index (χ0n) is 14.6. The van der Waals surface area contributed by atoms with Gasteiger partial charge in [0.05, 0.1) is 0 Å². The number of carbonyl (C=O) groups excluding carboxylic acids is 2. The molecule has 2 amide bonds. The summed E-state index contributed by atoms with van der Waals surface area (Å²) in [6, 6.07) is 5.68. The average molecular weight is 362 g/mol. The van der Waals surface area contributed by atoms with E-state index in [1.165, 1.54) is 0 Å². The molecule has 3 atom stereocenters. The first-order valence-corrected chi connectivity index (χ1v) is 9.15. The maximum absolute atomic E-state index is 12.9. The number of carboxylic acids is 1. The van der Waals surface area contributed by atoms with Gasteiger partial charge in [0.2, 0.25) is 5.91 Å². The molecule has 25 heavy (non-hydrogen) atoms. The maximum atomic E-state index is 12.9. The number of nitrogens with one attached hydrogen (secondary N) is 1. The molecule has 0 saturated carbocycles. The minimum Gasteiger partial charge on any atom is -0.480 e. The first kappa shape index (κ1) is 17.8.